The largest absolute Gasteiger partial charge is 0.507 e. The van der Waals surface area contributed by atoms with Crippen LogP contribution in [0.2, 0.25) is 0 Å². The molecule has 2 aliphatic heterocycles. The minimum Gasteiger partial charge on any atom is -0.507 e. The van der Waals surface area contributed by atoms with E-state index in [1.165, 1.54) is 32.2 Å². The van der Waals surface area contributed by atoms with Crippen LogP contribution in [0.5, 0.6) is 23.0 Å². The van der Waals surface area contributed by atoms with Crippen molar-refractivity contribution in [2.45, 2.75) is 68.1 Å². The van der Waals surface area contributed by atoms with Gasteiger partial charge in [0.05, 0.1) is 25.4 Å². The van der Waals surface area contributed by atoms with Crippen molar-refractivity contribution in [3.63, 3.8) is 0 Å². The van der Waals surface area contributed by atoms with E-state index in [2.05, 4.69) is 0 Å². The topological polar surface area (TPSA) is 249 Å². The molecular formula is C28H32O15. The van der Waals surface area contributed by atoms with Crippen LogP contribution in [0, 0.1) is 0 Å². The van der Waals surface area contributed by atoms with Crippen molar-refractivity contribution in [1.29, 1.82) is 0 Å². The monoisotopic (exact) mass is 608 g/mol. The molecule has 15 heteroatoms. The zero-order chi connectivity index (χ0) is 31.3. The van der Waals surface area contributed by atoms with Crippen molar-refractivity contribution >= 4 is 11.0 Å². The van der Waals surface area contributed by atoms with Crippen molar-refractivity contribution in [3.8, 4) is 34.3 Å². The first-order valence-corrected chi connectivity index (χ1v) is 13.3. The summed E-state index contributed by atoms with van der Waals surface area (Å²) < 4.78 is 27.9. The predicted molar refractivity (Wildman–Crippen MR) is 143 cm³/mol. The summed E-state index contributed by atoms with van der Waals surface area (Å²) in [5, 5.41) is 93.9. The molecule has 10 atom stereocenters. The number of aliphatic hydroxyl groups is 6. The Labute approximate surface area is 242 Å². The number of fused-ring (bicyclic) bond motifs is 1. The Bertz CT molecular complexity index is 1540. The maximum absolute atomic E-state index is 13.2. The molecule has 1 aromatic heterocycles. The third kappa shape index (κ3) is 5.39. The molecule has 2 fully saturated rings. The first-order valence-electron chi connectivity index (χ1n) is 13.3. The summed E-state index contributed by atoms with van der Waals surface area (Å²) >= 11 is 0. The highest BCUT2D eigenvalue weighted by Crippen LogP contribution is 2.45. The Morgan fingerprint density at radius 3 is 2.23 bits per heavy atom. The molecule has 3 heterocycles. The van der Waals surface area contributed by atoms with Gasteiger partial charge in [-0.3, -0.25) is 4.79 Å². The number of phenolic OH excluding ortho intramolecular Hbond substituents is 3. The molecule has 0 bridgehead atoms. The Morgan fingerprint density at radius 2 is 1.56 bits per heavy atom. The minimum atomic E-state index is -1.89. The van der Waals surface area contributed by atoms with E-state index in [1.807, 2.05) is 0 Å². The van der Waals surface area contributed by atoms with Gasteiger partial charge in [0.2, 0.25) is 0 Å². The van der Waals surface area contributed by atoms with Crippen LogP contribution in [0.3, 0.4) is 0 Å². The Kier molecular flexibility index (Phi) is 8.54. The molecule has 15 nitrogen and oxygen atoms in total. The number of aliphatic hydroxyl groups excluding tert-OH is 6. The average molecular weight is 609 g/mol. The van der Waals surface area contributed by atoms with Gasteiger partial charge in [-0.2, -0.15) is 0 Å². The maximum atomic E-state index is 13.2. The van der Waals surface area contributed by atoms with Crippen molar-refractivity contribution in [2.75, 3.05) is 13.7 Å². The van der Waals surface area contributed by atoms with Crippen molar-refractivity contribution in [2.24, 2.45) is 0 Å². The number of rotatable bonds is 6. The normalized spacial score (nSPS) is 33.0. The van der Waals surface area contributed by atoms with Gasteiger partial charge in [0.15, 0.2) is 28.8 Å². The third-order valence-corrected chi connectivity index (χ3v) is 7.71. The molecule has 234 valence electrons. The summed E-state index contributed by atoms with van der Waals surface area (Å²) in [6, 6.07) is 5.97. The fourth-order valence-electron chi connectivity index (χ4n) is 5.34. The van der Waals surface area contributed by atoms with Crippen LogP contribution in [0.1, 0.15) is 18.6 Å². The molecular weight excluding hydrogens is 576 g/mol. The van der Waals surface area contributed by atoms with Gasteiger partial charge in [-0.15, -0.1) is 0 Å². The van der Waals surface area contributed by atoms with Gasteiger partial charge in [0, 0.05) is 17.7 Å². The third-order valence-electron chi connectivity index (χ3n) is 7.71. The molecule has 2 aliphatic rings. The van der Waals surface area contributed by atoms with Crippen molar-refractivity contribution in [1.82, 2.24) is 0 Å². The lowest BCUT2D eigenvalue weighted by Gasteiger charge is -2.46. The van der Waals surface area contributed by atoms with Gasteiger partial charge < -0.3 is 69.3 Å². The summed E-state index contributed by atoms with van der Waals surface area (Å²) in [6.45, 7) is 0.589. The number of hydrogen-bond donors (Lipinski definition) is 9. The molecule has 0 radical (unpaired) electrons. The van der Waals surface area contributed by atoms with Crippen LogP contribution in [-0.4, -0.2) is 115 Å². The molecule has 0 unspecified atom stereocenters. The maximum Gasteiger partial charge on any atom is 0.197 e. The van der Waals surface area contributed by atoms with Gasteiger partial charge in [-0.05, 0) is 25.1 Å². The minimum absolute atomic E-state index is 0.0594. The molecule has 0 aliphatic carbocycles. The lowest BCUT2D eigenvalue weighted by atomic mass is 9.89. The van der Waals surface area contributed by atoms with E-state index in [1.54, 1.807) is 0 Å². The quantitative estimate of drug-likeness (QED) is 0.162. The molecule has 3 aromatic rings. The highest BCUT2D eigenvalue weighted by molar-refractivity contribution is 5.89. The molecule has 43 heavy (non-hydrogen) atoms. The predicted octanol–water partition coefficient (Wildman–Crippen LogP) is -1.05. The molecule has 0 amide bonds. The highest BCUT2D eigenvalue weighted by atomic mass is 16.7. The summed E-state index contributed by atoms with van der Waals surface area (Å²) in [6.07, 6.45) is -16.1. The van der Waals surface area contributed by atoms with E-state index in [-0.39, 0.29) is 33.8 Å². The van der Waals surface area contributed by atoms with E-state index in [0.29, 0.717) is 0 Å². The number of ether oxygens (including phenoxy) is 4. The van der Waals surface area contributed by atoms with Gasteiger partial charge in [-0.25, -0.2) is 0 Å². The second-order valence-electron chi connectivity index (χ2n) is 10.4. The standard InChI is InChI=1S/C28H32O15/c1-9-20(34)22(36)23(37)28(40-9)43-27-21(35)17(8-29)42-26(24(27)38)19-13(32)6-12(31)18-14(33)7-15(41-25(18)19)10-3-4-11(30)16(5-10)39-2/h3-7,9,17,20-24,26-32,34-38H,8H2,1-2H3/t9-,17+,20-,21+,22+,23+,24-,26-,27-,28-/m0/s1. The van der Waals surface area contributed by atoms with Crippen LogP contribution in [-0.2, 0) is 14.2 Å². The first kappa shape index (κ1) is 30.9. The molecule has 2 saturated heterocycles. The molecule has 2 aromatic carbocycles. The van der Waals surface area contributed by atoms with Crippen molar-refractivity contribution < 1.29 is 69.3 Å². The molecule has 9 N–H and O–H groups in total. The van der Waals surface area contributed by atoms with Gasteiger partial charge >= 0.3 is 0 Å². The van der Waals surface area contributed by atoms with E-state index in [0.717, 1.165) is 12.1 Å². The number of phenols is 3. The summed E-state index contributed by atoms with van der Waals surface area (Å²) in [5.74, 6) is -1.56. The number of methoxy groups -OCH3 is 1. The SMILES string of the molecule is COc1cc(-c2cc(=O)c3c(O)cc(O)c([C@@H]4O[C@H](CO)[C@@H](O)[C@H](O[C@@H]5O[C@@H](C)[C@H](O)[C@@H](O)[C@H]5O)[C@H]4O)c3o2)ccc1O. The second-order valence-corrected chi connectivity index (χ2v) is 10.4. The fourth-order valence-corrected chi connectivity index (χ4v) is 5.34. The van der Waals surface area contributed by atoms with Crippen LogP contribution in [0.15, 0.2) is 39.5 Å². The van der Waals surface area contributed by atoms with E-state index < -0.39 is 90.3 Å². The van der Waals surface area contributed by atoms with Crippen LogP contribution in [0.4, 0.5) is 0 Å². The van der Waals surface area contributed by atoms with Crippen LogP contribution in [0.25, 0.3) is 22.3 Å². The first-order chi connectivity index (χ1) is 20.4. The van der Waals surface area contributed by atoms with E-state index in [4.69, 9.17) is 23.4 Å². The zero-order valence-electron chi connectivity index (χ0n) is 22.8. The van der Waals surface area contributed by atoms with Gasteiger partial charge in [-0.1, -0.05) is 0 Å². The molecule has 0 spiro atoms. The summed E-state index contributed by atoms with van der Waals surface area (Å²) in [5.41, 5.74) is -1.25. The number of aromatic hydroxyl groups is 3. The van der Waals surface area contributed by atoms with Crippen molar-refractivity contribution in [3.05, 3.63) is 46.1 Å². The van der Waals surface area contributed by atoms with Crippen LogP contribution >= 0.6 is 0 Å². The van der Waals surface area contributed by atoms with Crippen LogP contribution < -0.4 is 10.2 Å². The molecule has 5 rings (SSSR count). The highest BCUT2D eigenvalue weighted by Gasteiger charge is 2.51. The Balaban J connectivity index is 1.61. The number of benzene rings is 2. The zero-order valence-corrected chi connectivity index (χ0v) is 22.8. The Hall–Kier alpha value is -3.51. The average Bonchev–Trinajstić information content (AvgIpc) is 2.97. The van der Waals surface area contributed by atoms with Gasteiger partial charge in [0.25, 0.3) is 0 Å². The number of hydrogen-bond acceptors (Lipinski definition) is 15. The summed E-state index contributed by atoms with van der Waals surface area (Å²) in [7, 11) is 1.32. The summed E-state index contributed by atoms with van der Waals surface area (Å²) in [4.78, 5) is 13.2. The fraction of sp³-hybridized carbons (Fsp3) is 0.464. The van der Waals surface area contributed by atoms with Gasteiger partial charge in [0.1, 0.15) is 71.5 Å². The smallest absolute Gasteiger partial charge is 0.197 e. The Morgan fingerprint density at radius 1 is 0.837 bits per heavy atom. The second kappa shape index (κ2) is 11.9. The lowest BCUT2D eigenvalue weighted by Crippen LogP contribution is -2.62. The lowest BCUT2D eigenvalue weighted by molar-refractivity contribution is -0.338. The molecule has 0 saturated carbocycles. The van der Waals surface area contributed by atoms with E-state index in [9.17, 15) is 50.8 Å². The van der Waals surface area contributed by atoms with E-state index >= 15 is 0 Å².